The fraction of sp³-hybridized carbons (Fsp3) is 0.333. The zero-order valence-corrected chi connectivity index (χ0v) is 14.3. The molecule has 0 saturated heterocycles. The van der Waals surface area contributed by atoms with E-state index in [0.29, 0.717) is 5.89 Å². The molecular formula is C18H20N4O3. The molecule has 0 radical (unpaired) electrons. The van der Waals surface area contributed by atoms with E-state index in [1.807, 2.05) is 22.9 Å². The van der Waals surface area contributed by atoms with Gasteiger partial charge in [-0.15, -0.1) is 0 Å². The van der Waals surface area contributed by atoms with Crippen LogP contribution in [0.1, 0.15) is 11.3 Å². The van der Waals surface area contributed by atoms with Gasteiger partial charge in [-0.2, -0.15) is 5.10 Å². The van der Waals surface area contributed by atoms with Crippen molar-refractivity contribution in [1.82, 2.24) is 19.7 Å². The van der Waals surface area contributed by atoms with Crippen molar-refractivity contribution >= 4 is 0 Å². The molecule has 0 amide bonds. The Balaban J connectivity index is 1.51. The van der Waals surface area contributed by atoms with Crippen molar-refractivity contribution in [3.63, 3.8) is 0 Å². The zero-order valence-electron chi connectivity index (χ0n) is 14.3. The molecule has 3 aromatic rings. The third kappa shape index (κ3) is 3.10. The summed E-state index contributed by atoms with van der Waals surface area (Å²) in [5, 5.41) is 4.58. The summed E-state index contributed by atoms with van der Waals surface area (Å²) in [5.74, 6) is 2.21. The summed E-state index contributed by atoms with van der Waals surface area (Å²) in [5.41, 5.74) is 3.08. The molecule has 1 aromatic carbocycles. The molecule has 2 aromatic heterocycles. The molecule has 0 unspecified atom stereocenters. The first-order valence-electron chi connectivity index (χ1n) is 8.16. The maximum atomic E-state index is 5.51. The number of fused-ring (bicyclic) bond motifs is 1. The Hall–Kier alpha value is -2.80. The minimum atomic E-state index is 0.560. The van der Waals surface area contributed by atoms with Gasteiger partial charge in [-0.1, -0.05) is 6.07 Å². The van der Waals surface area contributed by atoms with Gasteiger partial charge in [-0.05, 0) is 12.1 Å². The van der Waals surface area contributed by atoms with Crippen molar-refractivity contribution in [3.05, 3.63) is 48.0 Å². The predicted molar refractivity (Wildman–Crippen MR) is 91.4 cm³/mol. The first-order chi connectivity index (χ1) is 12.3. The molecule has 3 heterocycles. The van der Waals surface area contributed by atoms with E-state index >= 15 is 0 Å². The molecule has 0 atom stereocenters. The highest BCUT2D eigenvalue weighted by atomic mass is 16.5. The number of oxazole rings is 1. The van der Waals surface area contributed by atoms with Crippen molar-refractivity contribution in [1.29, 1.82) is 0 Å². The van der Waals surface area contributed by atoms with Gasteiger partial charge in [0.1, 0.15) is 23.5 Å². The molecule has 130 valence electrons. The van der Waals surface area contributed by atoms with Gasteiger partial charge < -0.3 is 13.9 Å². The van der Waals surface area contributed by atoms with E-state index in [4.69, 9.17) is 13.9 Å². The highest BCUT2D eigenvalue weighted by Gasteiger charge is 2.21. The molecule has 0 spiro atoms. The second-order valence-corrected chi connectivity index (χ2v) is 5.97. The standard InChI is InChI=1S/C18H20N4O3/c1-23-15-4-3-13(17(10-15)24-2)11-21-6-7-22-14(12-21)9-16(20-22)18-19-5-8-25-18/h3-5,8-10H,6-7,11-12H2,1-2H3. The lowest BCUT2D eigenvalue weighted by molar-refractivity contribution is 0.203. The molecule has 0 aliphatic carbocycles. The van der Waals surface area contributed by atoms with Gasteiger partial charge in [0.25, 0.3) is 0 Å². The Morgan fingerprint density at radius 3 is 2.84 bits per heavy atom. The maximum absolute atomic E-state index is 5.51. The molecule has 4 rings (SSSR count). The Kier molecular flexibility index (Phi) is 4.15. The van der Waals surface area contributed by atoms with Gasteiger partial charge in [0.15, 0.2) is 0 Å². The molecule has 1 aliphatic heterocycles. The number of methoxy groups -OCH3 is 2. The SMILES string of the molecule is COc1ccc(CN2CCn3nc(-c4ncco4)cc3C2)c(OC)c1. The van der Waals surface area contributed by atoms with E-state index in [1.54, 1.807) is 26.7 Å². The van der Waals surface area contributed by atoms with Crippen molar-refractivity contribution < 1.29 is 13.9 Å². The fourth-order valence-electron chi connectivity index (χ4n) is 3.13. The average Bonchev–Trinajstić information content (AvgIpc) is 3.31. The summed E-state index contributed by atoms with van der Waals surface area (Å²) in [4.78, 5) is 6.55. The summed E-state index contributed by atoms with van der Waals surface area (Å²) in [7, 11) is 3.35. The third-order valence-electron chi connectivity index (χ3n) is 4.42. The number of nitrogens with zero attached hydrogens (tertiary/aromatic N) is 4. The zero-order chi connectivity index (χ0) is 17.2. The summed E-state index contributed by atoms with van der Waals surface area (Å²) >= 11 is 0. The highest BCUT2D eigenvalue weighted by Crippen LogP contribution is 2.27. The van der Waals surface area contributed by atoms with Crippen molar-refractivity contribution in [2.45, 2.75) is 19.6 Å². The summed E-state index contributed by atoms with van der Waals surface area (Å²) < 4.78 is 18.1. The average molecular weight is 340 g/mol. The minimum Gasteiger partial charge on any atom is -0.497 e. The fourth-order valence-corrected chi connectivity index (χ4v) is 3.13. The molecule has 1 aliphatic rings. The van der Waals surface area contributed by atoms with E-state index in [0.717, 1.165) is 54.6 Å². The first kappa shape index (κ1) is 15.7. The van der Waals surface area contributed by atoms with Crippen LogP contribution < -0.4 is 9.47 Å². The largest absolute Gasteiger partial charge is 0.497 e. The number of benzene rings is 1. The van der Waals surface area contributed by atoms with Crippen LogP contribution in [0.3, 0.4) is 0 Å². The molecule has 0 N–H and O–H groups in total. The highest BCUT2D eigenvalue weighted by molar-refractivity contribution is 5.47. The Labute approximate surface area is 145 Å². The van der Waals surface area contributed by atoms with Crippen LogP contribution in [-0.4, -0.2) is 40.4 Å². The smallest absolute Gasteiger partial charge is 0.246 e. The topological polar surface area (TPSA) is 65.5 Å². The molecule has 0 bridgehead atoms. The Bertz CT molecular complexity index is 857. The van der Waals surface area contributed by atoms with Gasteiger partial charge in [-0.25, -0.2) is 4.98 Å². The molecule has 7 heteroatoms. The lowest BCUT2D eigenvalue weighted by Gasteiger charge is -2.28. The second-order valence-electron chi connectivity index (χ2n) is 5.97. The minimum absolute atomic E-state index is 0.560. The van der Waals surface area contributed by atoms with Gasteiger partial charge in [0.05, 0.1) is 32.7 Å². The van der Waals surface area contributed by atoms with Gasteiger partial charge in [0.2, 0.25) is 5.89 Å². The van der Waals surface area contributed by atoms with Gasteiger partial charge in [0, 0.05) is 31.3 Å². The monoisotopic (exact) mass is 340 g/mol. The van der Waals surface area contributed by atoms with E-state index in [1.165, 1.54) is 0 Å². The number of ether oxygens (including phenoxy) is 2. The van der Waals surface area contributed by atoms with E-state index in [-0.39, 0.29) is 0 Å². The summed E-state index contributed by atoms with van der Waals surface area (Å²) in [6, 6.07) is 7.99. The van der Waals surface area contributed by atoms with Crippen molar-refractivity contribution in [3.8, 4) is 23.1 Å². The first-order valence-corrected chi connectivity index (χ1v) is 8.16. The number of hydrogen-bond acceptors (Lipinski definition) is 6. The number of rotatable bonds is 5. The van der Waals surface area contributed by atoms with Crippen molar-refractivity contribution in [2.24, 2.45) is 0 Å². The Morgan fingerprint density at radius 2 is 2.08 bits per heavy atom. The van der Waals surface area contributed by atoms with E-state index < -0.39 is 0 Å². The molecular weight excluding hydrogens is 320 g/mol. The predicted octanol–water partition coefficient (Wildman–Crippen LogP) is 2.57. The van der Waals surface area contributed by atoms with Crippen LogP contribution in [0.5, 0.6) is 11.5 Å². The van der Waals surface area contributed by atoms with Crippen LogP contribution in [0.15, 0.2) is 41.1 Å². The lowest BCUT2D eigenvalue weighted by atomic mass is 10.1. The van der Waals surface area contributed by atoms with Crippen LogP contribution in [0.4, 0.5) is 0 Å². The molecule has 25 heavy (non-hydrogen) atoms. The number of hydrogen-bond donors (Lipinski definition) is 0. The quantitative estimate of drug-likeness (QED) is 0.711. The van der Waals surface area contributed by atoms with Gasteiger partial charge in [-0.3, -0.25) is 9.58 Å². The van der Waals surface area contributed by atoms with E-state index in [9.17, 15) is 0 Å². The van der Waals surface area contributed by atoms with Crippen LogP contribution >= 0.6 is 0 Å². The van der Waals surface area contributed by atoms with E-state index in [2.05, 4.69) is 21.0 Å². The summed E-state index contributed by atoms with van der Waals surface area (Å²) in [6.07, 6.45) is 3.20. The second kappa shape index (κ2) is 6.60. The van der Waals surface area contributed by atoms with Crippen molar-refractivity contribution in [2.75, 3.05) is 20.8 Å². The van der Waals surface area contributed by atoms with Crippen LogP contribution in [-0.2, 0) is 19.6 Å². The van der Waals surface area contributed by atoms with Crippen LogP contribution in [0, 0.1) is 0 Å². The van der Waals surface area contributed by atoms with Crippen LogP contribution in [0.2, 0.25) is 0 Å². The third-order valence-corrected chi connectivity index (χ3v) is 4.42. The molecule has 0 fully saturated rings. The number of aromatic nitrogens is 3. The molecule has 7 nitrogen and oxygen atoms in total. The molecule has 0 saturated carbocycles. The van der Waals surface area contributed by atoms with Gasteiger partial charge >= 0.3 is 0 Å². The lowest BCUT2D eigenvalue weighted by Crippen LogP contribution is -2.33. The maximum Gasteiger partial charge on any atom is 0.246 e. The Morgan fingerprint density at radius 1 is 1.16 bits per heavy atom. The normalized spacial score (nSPS) is 14.3. The summed E-state index contributed by atoms with van der Waals surface area (Å²) in [6.45, 7) is 3.40. The van der Waals surface area contributed by atoms with Crippen LogP contribution in [0.25, 0.3) is 11.6 Å².